The fraction of sp³-hybridized carbons (Fsp3) is 0.278. The molecular formula is C18H19F2NO. The van der Waals surface area contributed by atoms with Gasteiger partial charge in [-0.3, -0.25) is 4.79 Å². The highest BCUT2D eigenvalue weighted by atomic mass is 19.1. The average molecular weight is 303 g/mol. The fourth-order valence-corrected chi connectivity index (χ4v) is 2.34. The second-order valence-corrected chi connectivity index (χ2v) is 5.69. The van der Waals surface area contributed by atoms with Crippen LogP contribution in [0.15, 0.2) is 48.5 Å². The van der Waals surface area contributed by atoms with Crippen molar-refractivity contribution in [2.75, 3.05) is 0 Å². The van der Waals surface area contributed by atoms with E-state index in [1.807, 2.05) is 44.2 Å². The summed E-state index contributed by atoms with van der Waals surface area (Å²) >= 11 is 0. The number of carbonyl (C=O) groups excluding carboxylic acids is 1. The van der Waals surface area contributed by atoms with Crippen LogP contribution < -0.4 is 5.32 Å². The molecule has 0 saturated heterocycles. The molecule has 0 aliphatic heterocycles. The van der Waals surface area contributed by atoms with Crippen LogP contribution in [0.4, 0.5) is 8.78 Å². The molecule has 0 fully saturated rings. The smallest absolute Gasteiger partial charge is 0.254 e. The Hall–Kier alpha value is -2.23. The zero-order chi connectivity index (χ0) is 16.1. The Bertz CT molecular complexity index is 641. The standard InChI is InChI=1S/C18H19F2NO/c1-12(2)10-17(13-6-4-3-5-7-13)21-18(22)15-11-14(19)8-9-16(15)20/h3-9,11-12,17H,10H2,1-2H3,(H,21,22)/t17-/m0/s1. The van der Waals surface area contributed by atoms with E-state index in [0.717, 1.165) is 23.8 Å². The van der Waals surface area contributed by atoms with Gasteiger partial charge in [0.05, 0.1) is 11.6 Å². The first-order valence-electron chi connectivity index (χ1n) is 7.28. The third kappa shape index (κ3) is 4.13. The second kappa shape index (κ2) is 7.16. The SMILES string of the molecule is CC(C)C[C@H](NC(=O)c1cc(F)ccc1F)c1ccccc1. The first-order chi connectivity index (χ1) is 10.5. The van der Waals surface area contributed by atoms with E-state index in [9.17, 15) is 13.6 Å². The van der Waals surface area contributed by atoms with Gasteiger partial charge in [-0.25, -0.2) is 8.78 Å². The molecule has 22 heavy (non-hydrogen) atoms. The van der Waals surface area contributed by atoms with Crippen molar-refractivity contribution in [3.05, 3.63) is 71.3 Å². The van der Waals surface area contributed by atoms with Crippen molar-refractivity contribution in [1.29, 1.82) is 0 Å². The molecule has 0 heterocycles. The van der Waals surface area contributed by atoms with Gasteiger partial charge in [0, 0.05) is 0 Å². The van der Waals surface area contributed by atoms with E-state index in [1.165, 1.54) is 0 Å². The van der Waals surface area contributed by atoms with Gasteiger partial charge >= 0.3 is 0 Å². The van der Waals surface area contributed by atoms with Crippen molar-refractivity contribution in [1.82, 2.24) is 5.32 Å². The predicted molar refractivity (Wildman–Crippen MR) is 82.5 cm³/mol. The molecule has 2 aromatic rings. The maximum Gasteiger partial charge on any atom is 0.254 e. The van der Waals surface area contributed by atoms with Crippen LogP contribution in [0.2, 0.25) is 0 Å². The lowest BCUT2D eigenvalue weighted by molar-refractivity contribution is 0.0927. The van der Waals surface area contributed by atoms with Gasteiger partial charge in [0.2, 0.25) is 0 Å². The Morgan fingerprint density at radius 2 is 1.77 bits per heavy atom. The molecule has 0 radical (unpaired) electrons. The summed E-state index contributed by atoms with van der Waals surface area (Å²) in [5.41, 5.74) is 0.672. The normalized spacial score (nSPS) is 12.2. The third-order valence-corrected chi connectivity index (χ3v) is 3.39. The van der Waals surface area contributed by atoms with E-state index in [-0.39, 0.29) is 11.6 Å². The number of hydrogen-bond acceptors (Lipinski definition) is 1. The van der Waals surface area contributed by atoms with Crippen LogP contribution in [-0.4, -0.2) is 5.91 Å². The molecule has 2 nitrogen and oxygen atoms in total. The van der Waals surface area contributed by atoms with Gasteiger partial charge in [-0.05, 0) is 36.1 Å². The molecule has 0 spiro atoms. The number of nitrogens with one attached hydrogen (secondary N) is 1. The number of carbonyl (C=O) groups is 1. The number of rotatable bonds is 5. The number of benzene rings is 2. The molecule has 2 aromatic carbocycles. The molecule has 1 atom stereocenters. The molecule has 1 amide bonds. The number of amides is 1. The summed E-state index contributed by atoms with van der Waals surface area (Å²) < 4.78 is 26.9. The molecule has 0 unspecified atom stereocenters. The summed E-state index contributed by atoms with van der Waals surface area (Å²) in [5.74, 6) is -1.61. The monoisotopic (exact) mass is 303 g/mol. The van der Waals surface area contributed by atoms with Gasteiger partial charge in [-0.1, -0.05) is 44.2 Å². The molecule has 0 aliphatic carbocycles. The van der Waals surface area contributed by atoms with Gasteiger partial charge in [0.15, 0.2) is 0 Å². The van der Waals surface area contributed by atoms with Crippen molar-refractivity contribution in [3.63, 3.8) is 0 Å². The highest BCUT2D eigenvalue weighted by Crippen LogP contribution is 2.22. The van der Waals surface area contributed by atoms with Crippen molar-refractivity contribution in [3.8, 4) is 0 Å². The molecule has 4 heteroatoms. The highest BCUT2D eigenvalue weighted by molar-refractivity contribution is 5.94. The minimum atomic E-state index is -0.727. The Morgan fingerprint density at radius 1 is 1.09 bits per heavy atom. The van der Waals surface area contributed by atoms with Crippen LogP contribution in [-0.2, 0) is 0 Å². The summed E-state index contributed by atoms with van der Waals surface area (Å²) in [5, 5.41) is 2.80. The molecule has 0 saturated carbocycles. The maximum atomic E-state index is 13.7. The Balaban J connectivity index is 2.23. The predicted octanol–water partition coefficient (Wildman–Crippen LogP) is 4.48. The minimum absolute atomic E-state index is 0.239. The summed E-state index contributed by atoms with van der Waals surface area (Å²) in [7, 11) is 0. The van der Waals surface area contributed by atoms with Crippen LogP contribution in [0.3, 0.4) is 0 Å². The lowest BCUT2D eigenvalue weighted by atomic mass is 9.96. The van der Waals surface area contributed by atoms with Crippen LogP contribution in [0.25, 0.3) is 0 Å². The van der Waals surface area contributed by atoms with Crippen LogP contribution in [0.1, 0.15) is 42.2 Å². The van der Waals surface area contributed by atoms with E-state index < -0.39 is 17.5 Å². The lowest BCUT2D eigenvalue weighted by Crippen LogP contribution is -2.30. The minimum Gasteiger partial charge on any atom is -0.345 e. The van der Waals surface area contributed by atoms with Crippen LogP contribution in [0, 0.1) is 17.6 Å². The zero-order valence-electron chi connectivity index (χ0n) is 12.6. The van der Waals surface area contributed by atoms with E-state index in [2.05, 4.69) is 5.32 Å². The molecular weight excluding hydrogens is 284 g/mol. The number of halogens is 2. The summed E-state index contributed by atoms with van der Waals surface area (Å²) in [6, 6.07) is 12.1. The van der Waals surface area contributed by atoms with Crippen molar-refractivity contribution < 1.29 is 13.6 Å². The third-order valence-electron chi connectivity index (χ3n) is 3.39. The van der Waals surface area contributed by atoms with Crippen molar-refractivity contribution in [2.45, 2.75) is 26.3 Å². The summed E-state index contributed by atoms with van der Waals surface area (Å²) in [6.07, 6.45) is 0.715. The second-order valence-electron chi connectivity index (χ2n) is 5.69. The molecule has 0 aliphatic rings. The Labute approximate surface area is 129 Å². The van der Waals surface area contributed by atoms with Gasteiger partial charge in [-0.2, -0.15) is 0 Å². The molecule has 0 aromatic heterocycles. The topological polar surface area (TPSA) is 29.1 Å². The van der Waals surface area contributed by atoms with Crippen LogP contribution >= 0.6 is 0 Å². The lowest BCUT2D eigenvalue weighted by Gasteiger charge is -2.21. The van der Waals surface area contributed by atoms with E-state index in [1.54, 1.807) is 0 Å². The Morgan fingerprint density at radius 3 is 2.41 bits per heavy atom. The molecule has 2 rings (SSSR count). The summed E-state index contributed by atoms with van der Waals surface area (Å²) in [6.45, 7) is 4.09. The molecule has 116 valence electrons. The fourth-order valence-electron chi connectivity index (χ4n) is 2.34. The van der Waals surface area contributed by atoms with E-state index >= 15 is 0 Å². The Kier molecular flexibility index (Phi) is 5.26. The maximum absolute atomic E-state index is 13.7. The summed E-state index contributed by atoms with van der Waals surface area (Å²) in [4.78, 5) is 12.3. The van der Waals surface area contributed by atoms with Crippen LogP contribution in [0.5, 0.6) is 0 Å². The van der Waals surface area contributed by atoms with Crippen molar-refractivity contribution >= 4 is 5.91 Å². The van der Waals surface area contributed by atoms with Gasteiger partial charge in [-0.15, -0.1) is 0 Å². The van der Waals surface area contributed by atoms with Crippen molar-refractivity contribution in [2.24, 2.45) is 5.92 Å². The van der Waals surface area contributed by atoms with Gasteiger partial charge in [0.1, 0.15) is 11.6 Å². The zero-order valence-corrected chi connectivity index (χ0v) is 12.6. The van der Waals surface area contributed by atoms with E-state index in [4.69, 9.17) is 0 Å². The molecule has 1 N–H and O–H groups in total. The average Bonchev–Trinajstić information content (AvgIpc) is 2.49. The van der Waals surface area contributed by atoms with Gasteiger partial charge < -0.3 is 5.32 Å². The van der Waals surface area contributed by atoms with Gasteiger partial charge in [0.25, 0.3) is 5.91 Å². The molecule has 0 bridgehead atoms. The largest absolute Gasteiger partial charge is 0.345 e. The number of hydrogen-bond donors (Lipinski definition) is 1. The first-order valence-corrected chi connectivity index (χ1v) is 7.28. The first kappa shape index (κ1) is 16.1. The van der Waals surface area contributed by atoms with E-state index in [0.29, 0.717) is 12.3 Å². The quantitative estimate of drug-likeness (QED) is 0.867. The highest BCUT2D eigenvalue weighted by Gasteiger charge is 2.19.